The lowest BCUT2D eigenvalue weighted by molar-refractivity contribution is 1.02. The second-order valence-corrected chi connectivity index (χ2v) is 2.93. The first-order chi connectivity index (χ1) is 5.75. The Bertz CT molecular complexity index is 298. The lowest BCUT2D eigenvalue weighted by Crippen LogP contribution is -1.79. The van der Waals surface area contributed by atoms with Crippen molar-refractivity contribution in [2.24, 2.45) is 0 Å². The zero-order chi connectivity index (χ0) is 8.97. The molecule has 12 heavy (non-hydrogen) atoms. The first kappa shape index (κ1) is 9.15. The van der Waals surface area contributed by atoms with E-state index < -0.39 is 0 Å². The number of nitrogens with one attached hydrogen (secondary N) is 1. The van der Waals surface area contributed by atoms with E-state index in [1.807, 2.05) is 13.8 Å². The summed E-state index contributed by atoms with van der Waals surface area (Å²) in [6.45, 7) is 3.90. The molecule has 0 atom stereocenters. The summed E-state index contributed by atoms with van der Waals surface area (Å²) in [5, 5.41) is 6.91. The molecule has 0 unspecified atom stereocenters. The molecule has 0 aliphatic carbocycles. The summed E-state index contributed by atoms with van der Waals surface area (Å²) in [4.78, 5) is 0. The highest BCUT2D eigenvalue weighted by Gasteiger charge is 2.00. The number of alkyl halides is 1. The van der Waals surface area contributed by atoms with Gasteiger partial charge in [-0.25, -0.2) is 0 Å². The highest BCUT2D eigenvalue weighted by molar-refractivity contribution is 6.18. The summed E-state index contributed by atoms with van der Waals surface area (Å²) in [5.74, 6) is 6.60. The highest BCUT2D eigenvalue weighted by atomic mass is 35.5. The average molecular weight is 183 g/mol. The minimum Gasteiger partial charge on any atom is -0.281 e. The minimum absolute atomic E-state index is 0.586. The van der Waals surface area contributed by atoms with Gasteiger partial charge in [-0.2, -0.15) is 5.10 Å². The Hall–Kier alpha value is -0.940. The maximum Gasteiger partial charge on any atom is 0.0750 e. The fourth-order valence-corrected chi connectivity index (χ4v) is 1.03. The molecule has 3 heteroatoms. The number of aromatic amines is 1. The first-order valence-electron chi connectivity index (χ1n) is 3.82. The van der Waals surface area contributed by atoms with E-state index in [1.165, 1.54) is 0 Å². The van der Waals surface area contributed by atoms with Crippen molar-refractivity contribution in [1.82, 2.24) is 10.2 Å². The van der Waals surface area contributed by atoms with E-state index in [2.05, 4.69) is 22.0 Å². The predicted molar refractivity (Wildman–Crippen MR) is 50.3 cm³/mol. The lowest BCUT2D eigenvalue weighted by atomic mass is 10.2. The van der Waals surface area contributed by atoms with Crippen LogP contribution in [0.5, 0.6) is 0 Å². The van der Waals surface area contributed by atoms with Gasteiger partial charge in [0.05, 0.1) is 11.3 Å². The van der Waals surface area contributed by atoms with E-state index in [9.17, 15) is 0 Å². The molecule has 64 valence electrons. The molecule has 1 heterocycles. The minimum atomic E-state index is 0.586. The molecule has 0 aliphatic rings. The Kier molecular flexibility index (Phi) is 3.19. The topological polar surface area (TPSA) is 28.7 Å². The van der Waals surface area contributed by atoms with Crippen molar-refractivity contribution in [2.45, 2.75) is 20.3 Å². The van der Waals surface area contributed by atoms with Crippen molar-refractivity contribution in [1.29, 1.82) is 0 Å². The summed E-state index contributed by atoms with van der Waals surface area (Å²) in [5.41, 5.74) is 2.98. The van der Waals surface area contributed by atoms with Crippen LogP contribution in [0.15, 0.2) is 0 Å². The zero-order valence-corrected chi connectivity index (χ0v) is 8.00. The van der Waals surface area contributed by atoms with Crippen LogP contribution in [0.1, 0.15) is 23.4 Å². The van der Waals surface area contributed by atoms with E-state index in [1.54, 1.807) is 0 Å². The van der Waals surface area contributed by atoms with Crippen LogP contribution in [0.2, 0.25) is 0 Å². The quantitative estimate of drug-likeness (QED) is 0.523. The molecule has 0 bridgehead atoms. The molecular weight excluding hydrogens is 172 g/mol. The fourth-order valence-electron chi connectivity index (χ4n) is 0.933. The van der Waals surface area contributed by atoms with Crippen LogP contribution in [0.25, 0.3) is 0 Å². The van der Waals surface area contributed by atoms with Gasteiger partial charge in [0, 0.05) is 18.0 Å². The molecule has 1 aromatic rings. The summed E-state index contributed by atoms with van der Waals surface area (Å²) in [7, 11) is 0. The molecule has 0 saturated carbocycles. The summed E-state index contributed by atoms with van der Waals surface area (Å²) in [6, 6.07) is 0. The van der Waals surface area contributed by atoms with Crippen LogP contribution in [-0.4, -0.2) is 16.1 Å². The third-order valence-corrected chi connectivity index (χ3v) is 1.75. The van der Waals surface area contributed by atoms with Crippen molar-refractivity contribution in [3.8, 4) is 11.8 Å². The SMILES string of the molecule is Cc1n[nH]c(C)c1C#CCCCl. The van der Waals surface area contributed by atoms with Gasteiger partial charge in [-0.3, -0.25) is 5.10 Å². The first-order valence-corrected chi connectivity index (χ1v) is 4.35. The second-order valence-electron chi connectivity index (χ2n) is 2.55. The van der Waals surface area contributed by atoms with Crippen LogP contribution >= 0.6 is 11.6 Å². The van der Waals surface area contributed by atoms with Crippen molar-refractivity contribution in [3.05, 3.63) is 17.0 Å². The van der Waals surface area contributed by atoms with E-state index in [0.29, 0.717) is 5.88 Å². The maximum absolute atomic E-state index is 5.50. The van der Waals surface area contributed by atoms with Crippen LogP contribution in [0, 0.1) is 25.7 Å². The third-order valence-electron chi connectivity index (χ3n) is 1.56. The lowest BCUT2D eigenvalue weighted by Gasteiger charge is -1.86. The van der Waals surface area contributed by atoms with Gasteiger partial charge < -0.3 is 0 Å². The van der Waals surface area contributed by atoms with Crippen molar-refractivity contribution >= 4 is 11.6 Å². The Morgan fingerprint density at radius 2 is 2.25 bits per heavy atom. The fraction of sp³-hybridized carbons (Fsp3) is 0.444. The monoisotopic (exact) mass is 182 g/mol. The molecule has 1 aromatic heterocycles. The molecule has 0 aromatic carbocycles. The molecule has 2 nitrogen and oxygen atoms in total. The summed E-state index contributed by atoms with van der Waals surface area (Å²) >= 11 is 5.50. The number of rotatable bonds is 1. The summed E-state index contributed by atoms with van der Waals surface area (Å²) < 4.78 is 0. The van der Waals surface area contributed by atoms with Crippen LogP contribution in [0.4, 0.5) is 0 Å². The molecule has 0 saturated heterocycles. The molecule has 0 aliphatic heterocycles. The number of aromatic nitrogens is 2. The van der Waals surface area contributed by atoms with E-state index in [0.717, 1.165) is 23.4 Å². The van der Waals surface area contributed by atoms with Gasteiger partial charge in [0.2, 0.25) is 0 Å². The third kappa shape index (κ3) is 2.02. The standard InChI is InChI=1S/C9H11ClN2/c1-7-9(5-3-4-6-10)8(2)12-11-7/h4,6H2,1-2H3,(H,11,12). The molecule has 0 spiro atoms. The number of nitrogens with zero attached hydrogens (tertiary/aromatic N) is 1. The van der Waals surface area contributed by atoms with Crippen LogP contribution < -0.4 is 0 Å². The Morgan fingerprint density at radius 1 is 1.50 bits per heavy atom. The molecule has 0 radical (unpaired) electrons. The van der Waals surface area contributed by atoms with Crippen molar-refractivity contribution < 1.29 is 0 Å². The molecule has 0 fully saturated rings. The van der Waals surface area contributed by atoms with E-state index in [4.69, 9.17) is 11.6 Å². The number of H-pyrrole nitrogens is 1. The van der Waals surface area contributed by atoms with Gasteiger partial charge in [-0.1, -0.05) is 11.8 Å². The zero-order valence-electron chi connectivity index (χ0n) is 7.24. The smallest absolute Gasteiger partial charge is 0.0750 e. The van der Waals surface area contributed by atoms with Gasteiger partial charge >= 0.3 is 0 Å². The molecular formula is C9H11ClN2. The number of hydrogen-bond donors (Lipinski definition) is 1. The van der Waals surface area contributed by atoms with Gasteiger partial charge in [-0.15, -0.1) is 11.6 Å². The van der Waals surface area contributed by atoms with E-state index >= 15 is 0 Å². The number of hydrogen-bond acceptors (Lipinski definition) is 1. The van der Waals surface area contributed by atoms with E-state index in [-0.39, 0.29) is 0 Å². The predicted octanol–water partition coefficient (Wildman–Crippen LogP) is 2.01. The van der Waals surface area contributed by atoms with Crippen LogP contribution in [-0.2, 0) is 0 Å². The summed E-state index contributed by atoms with van der Waals surface area (Å²) in [6.07, 6.45) is 0.728. The molecule has 1 rings (SSSR count). The average Bonchev–Trinajstić information content (AvgIpc) is 2.35. The Labute approximate surface area is 77.3 Å². The second kappa shape index (κ2) is 4.18. The van der Waals surface area contributed by atoms with Crippen molar-refractivity contribution in [3.63, 3.8) is 0 Å². The van der Waals surface area contributed by atoms with Crippen molar-refractivity contribution in [2.75, 3.05) is 5.88 Å². The largest absolute Gasteiger partial charge is 0.281 e. The Morgan fingerprint density at radius 3 is 2.75 bits per heavy atom. The molecule has 0 amide bonds. The number of aryl methyl sites for hydroxylation is 2. The van der Waals surface area contributed by atoms with Gasteiger partial charge in [-0.05, 0) is 13.8 Å². The maximum atomic E-state index is 5.50. The normalized spacial score (nSPS) is 9.25. The van der Waals surface area contributed by atoms with Gasteiger partial charge in [0.15, 0.2) is 0 Å². The highest BCUT2D eigenvalue weighted by Crippen LogP contribution is 2.06. The van der Waals surface area contributed by atoms with Gasteiger partial charge in [0.1, 0.15) is 0 Å². The number of halogens is 1. The molecule has 1 N–H and O–H groups in total. The van der Waals surface area contributed by atoms with Gasteiger partial charge in [0.25, 0.3) is 0 Å². The Balaban J connectivity index is 2.82. The van der Waals surface area contributed by atoms with Crippen LogP contribution in [0.3, 0.4) is 0 Å².